The summed E-state index contributed by atoms with van der Waals surface area (Å²) < 4.78 is 0. The number of aliphatic hydroxyl groups is 4. The van der Waals surface area contributed by atoms with E-state index in [-0.39, 0.29) is 19.8 Å². The molecule has 1 atom stereocenters. The van der Waals surface area contributed by atoms with E-state index in [1.807, 2.05) is 6.92 Å². The van der Waals surface area contributed by atoms with Crippen molar-refractivity contribution in [2.45, 2.75) is 32.3 Å². The largest absolute Gasteiger partial charge is 0.396 e. The lowest BCUT2D eigenvalue weighted by molar-refractivity contribution is -0.0104. The fourth-order valence-corrected chi connectivity index (χ4v) is 1.06. The van der Waals surface area contributed by atoms with Crippen LogP contribution >= 0.6 is 0 Å². The second-order valence-corrected chi connectivity index (χ2v) is 3.58. The monoisotopic (exact) mass is 192 g/mol. The van der Waals surface area contributed by atoms with Gasteiger partial charge in [-0.15, -0.1) is 0 Å². The van der Waals surface area contributed by atoms with Crippen LogP contribution in [0.25, 0.3) is 0 Å². The molecule has 4 nitrogen and oxygen atoms in total. The molecule has 0 aliphatic heterocycles. The Hall–Kier alpha value is -0.160. The first-order valence-corrected chi connectivity index (χ1v) is 4.64. The second kappa shape index (κ2) is 6.32. The van der Waals surface area contributed by atoms with Crippen LogP contribution in [0.2, 0.25) is 0 Å². The SMILES string of the molecule is CCC(O)CCC(CO)(CO)CO. The summed E-state index contributed by atoms with van der Waals surface area (Å²) in [5, 5.41) is 36.1. The number of hydrogen-bond donors (Lipinski definition) is 4. The van der Waals surface area contributed by atoms with E-state index in [0.29, 0.717) is 19.3 Å². The third-order valence-electron chi connectivity index (χ3n) is 2.49. The van der Waals surface area contributed by atoms with Crippen molar-refractivity contribution in [3.8, 4) is 0 Å². The maximum absolute atomic E-state index is 9.26. The number of rotatable bonds is 7. The lowest BCUT2D eigenvalue weighted by Gasteiger charge is -2.27. The topological polar surface area (TPSA) is 80.9 Å². The Kier molecular flexibility index (Phi) is 6.24. The lowest BCUT2D eigenvalue weighted by Crippen LogP contribution is -2.34. The molecule has 0 rings (SSSR count). The lowest BCUT2D eigenvalue weighted by atomic mass is 9.84. The summed E-state index contributed by atoms with van der Waals surface area (Å²) in [4.78, 5) is 0. The number of aliphatic hydroxyl groups excluding tert-OH is 4. The highest BCUT2D eigenvalue weighted by atomic mass is 16.3. The Morgan fingerprint density at radius 3 is 1.85 bits per heavy atom. The molecule has 0 saturated heterocycles. The van der Waals surface area contributed by atoms with Gasteiger partial charge in [0.1, 0.15) is 0 Å². The van der Waals surface area contributed by atoms with Gasteiger partial charge in [0.25, 0.3) is 0 Å². The highest BCUT2D eigenvalue weighted by Crippen LogP contribution is 2.23. The molecule has 0 aromatic rings. The van der Waals surface area contributed by atoms with Crippen molar-refractivity contribution in [3.05, 3.63) is 0 Å². The van der Waals surface area contributed by atoms with Gasteiger partial charge in [-0.1, -0.05) is 6.92 Å². The molecular formula is C9H20O4. The van der Waals surface area contributed by atoms with Gasteiger partial charge in [0.2, 0.25) is 0 Å². The predicted octanol–water partition coefficient (Wildman–Crippen LogP) is -0.499. The third kappa shape index (κ3) is 4.04. The maximum atomic E-state index is 9.26. The van der Waals surface area contributed by atoms with Gasteiger partial charge in [-0.2, -0.15) is 0 Å². The summed E-state index contributed by atoms with van der Waals surface area (Å²) in [7, 11) is 0. The van der Waals surface area contributed by atoms with Crippen molar-refractivity contribution in [3.63, 3.8) is 0 Å². The Labute approximate surface area is 78.8 Å². The van der Waals surface area contributed by atoms with Gasteiger partial charge in [0, 0.05) is 5.41 Å². The normalized spacial score (nSPS) is 14.5. The summed E-state index contributed by atoms with van der Waals surface area (Å²) >= 11 is 0. The molecule has 0 aliphatic rings. The van der Waals surface area contributed by atoms with E-state index in [4.69, 9.17) is 15.3 Å². The smallest absolute Gasteiger partial charge is 0.0537 e. The van der Waals surface area contributed by atoms with Crippen LogP contribution in [0.5, 0.6) is 0 Å². The zero-order valence-electron chi connectivity index (χ0n) is 8.11. The average Bonchev–Trinajstić information content (AvgIpc) is 2.20. The Balaban J connectivity index is 3.95. The molecule has 0 heterocycles. The molecule has 1 unspecified atom stereocenters. The molecule has 0 spiro atoms. The van der Waals surface area contributed by atoms with Crippen molar-refractivity contribution >= 4 is 0 Å². The van der Waals surface area contributed by atoms with Gasteiger partial charge in [-0.05, 0) is 19.3 Å². The Bertz CT molecular complexity index is 115. The van der Waals surface area contributed by atoms with Crippen molar-refractivity contribution in [1.82, 2.24) is 0 Å². The van der Waals surface area contributed by atoms with Crippen molar-refractivity contribution < 1.29 is 20.4 Å². The molecule has 0 bridgehead atoms. The van der Waals surface area contributed by atoms with E-state index in [9.17, 15) is 5.11 Å². The molecule has 0 saturated carbocycles. The van der Waals surface area contributed by atoms with Crippen LogP contribution in [0.15, 0.2) is 0 Å². The van der Waals surface area contributed by atoms with Gasteiger partial charge in [0.15, 0.2) is 0 Å². The molecule has 0 aromatic carbocycles. The van der Waals surface area contributed by atoms with Crippen LogP contribution < -0.4 is 0 Å². The Morgan fingerprint density at radius 2 is 1.54 bits per heavy atom. The number of hydrogen-bond acceptors (Lipinski definition) is 4. The summed E-state index contributed by atoms with van der Waals surface area (Å²) in [6, 6.07) is 0. The van der Waals surface area contributed by atoms with E-state index in [2.05, 4.69) is 0 Å². The average molecular weight is 192 g/mol. The van der Waals surface area contributed by atoms with Crippen LogP contribution in [0, 0.1) is 5.41 Å². The van der Waals surface area contributed by atoms with Gasteiger partial charge >= 0.3 is 0 Å². The van der Waals surface area contributed by atoms with Crippen LogP contribution in [0.1, 0.15) is 26.2 Å². The zero-order chi connectivity index (χ0) is 10.3. The molecule has 0 fully saturated rings. The van der Waals surface area contributed by atoms with Crippen LogP contribution in [-0.2, 0) is 0 Å². The van der Waals surface area contributed by atoms with Gasteiger partial charge < -0.3 is 20.4 Å². The van der Waals surface area contributed by atoms with Crippen LogP contribution in [0.3, 0.4) is 0 Å². The Morgan fingerprint density at radius 1 is 1.08 bits per heavy atom. The van der Waals surface area contributed by atoms with Gasteiger partial charge in [0.05, 0.1) is 25.9 Å². The van der Waals surface area contributed by atoms with E-state index in [0.717, 1.165) is 0 Å². The first-order valence-electron chi connectivity index (χ1n) is 4.64. The molecule has 0 radical (unpaired) electrons. The molecule has 4 N–H and O–H groups in total. The maximum Gasteiger partial charge on any atom is 0.0537 e. The highest BCUT2D eigenvalue weighted by Gasteiger charge is 2.28. The summed E-state index contributed by atoms with van der Waals surface area (Å²) in [5.74, 6) is 0. The fourth-order valence-electron chi connectivity index (χ4n) is 1.06. The second-order valence-electron chi connectivity index (χ2n) is 3.58. The minimum Gasteiger partial charge on any atom is -0.396 e. The quantitative estimate of drug-likeness (QED) is 0.438. The molecule has 4 heteroatoms. The first-order chi connectivity index (χ1) is 6.14. The fraction of sp³-hybridized carbons (Fsp3) is 1.00. The van der Waals surface area contributed by atoms with Crippen LogP contribution in [0.4, 0.5) is 0 Å². The van der Waals surface area contributed by atoms with E-state index in [1.54, 1.807) is 0 Å². The van der Waals surface area contributed by atoms with E-state index >= 15 is 0 Å². The van der Waals surface area contributed by atoms with Gasteiger partial charge in [-0.3, -0.25) is 0 Å². The summed E-state index contributed by atoms with van der Waals surface area (Å²) in [6.07, 6.45) is 1.17. The molecular weight excluding hydrogens is 172 g/mol. The zero-order valence-corrected chi connectivity index (χ0v) is 8.11. The predicted molar refractivity (Wildman–Crippen MR) is 49.2 cm³/mol. The summed E-state index contributed by atoms with van der Waals surface area (Å²) in [5.41, 5.74) is -0.837. The molecule has 0 amide bonds. The highest BCUT2D eigenvalue weighted by molar-refractivity contribution is 4.77. The first kappa shape index (κ1) is 12.8. The summed E-state index contributed by atoms with van der Waals surface area (Å²) in [6.45, 7) is 1.10. The standard InChI is InChI=1S/C9H20O4/c1-2-8(13)3-4-9(5-10,6-11)7-12/h8,10-13H,2-7H2,1H3. The molecule has 80 valence electrons. The van der Waals surface area contributed by atoms with Crippen molar-refractivity contribution in [1.29, 1.82) is 0 Å². The van der Waals surface area contributed by atoms with Gasteiger partial charge in [-0.25, -0.2) is 0 Å². The molecule has 0 aromatic heterocycles. The van der Waals surface area contributed by atoms with E-state index < -0.39 is 11.5 Å². The van der Waals surface area contributed by atoms with Crippen LogP contribution in [-0.4, -0.2) is 46.4 Å². The molecule has 0 aliphatic carbocycles. The van der Waals surface area contributed by atoms with Crippen molar-refractivity contribution in [2.24, 2.45) is 5.41 Å². The van der Waals surface area contributed by atoms with E-state index in [1.165, 1.54) is 0 Å². The minimum atomic E-state index is -0.837. The molecule has 13 heavy (non-hydrogen) atoms. The minimum absolute atomic E-state index is 0.254. The third-order valence-corrected chi connectivity index (χ3v) is 2.49. The van der Waals surface area contributed by atoms with Crippen molar-refractivity contribution in [2.75, 3.05) is 19.8 Å².